The molecule has 3 aromatic rings. The van der Waals surface area contributed by atoms with Crippen LogP contribution in [0.3, 0.4) is 0 Å². The van der Waals surface area contributed by atoms with Gasteiger partial charge in [-0.1, -0.05) is 12.1 Å². The summed E-state index contributed by atoms with van der Waals surface area (Å²) in [5, 5.41) is 8.04. The summed E-state index contributed by atoms with van der Waals surface area (Å²) in [4.78, 5) is 17.6. The van der Waals surface area contributed by atoms with Crippen LogP contribution in [0.4, 0.5) is 5.13 Å². The molecule has 2 heterocycles. The number of thiazole rings is 1. The number of nitrogens with one attached hydrogen (secondary N) is 1. The molecule has 0 saturated heterocycles. The maximum absolute atomic E-state index is 12.1. The highest BCUT2D eigenvalue weighted by Crippen LogP contribution is 2.21. The predicted octanol–water partition coefficient (Wildman–Crippen LogP) is 4.13. The molecule has 0 bridgehead atoms. The van der Waals surface area contributed by atoms with Crippen molar-refractivity contribution in [1.29, 1.82) is 0 Å². The Morgan fingerprint density at radius 3 is 2.44 bits per heavy atom. The average Bonchev–Trinajstić information content (AvgIpc) is 3.07. The van der Waals surface area contributed by atoms with E-state index in [1.54, 1.807) is 0 Å². The van der Waals surface area contributed by atoms with Crippen LogP contribution in [0, 0.1) is 27.7 Å². The van der Waals surface area contributed by atoms with Crippen LogP contribution in [-0.4, -0.2) is 20.7 Å². The van der Waals surface area contributed by atoms with Crippen LogP contribution < -0.4 is 5.32 Å². The second kappa shape index (κ2) is 7.19. The lowest BCUT2D eigenvalue weighted by Crippen LogP contribution is -2.12. The number of anilines is 1. The Balaban J connectivity index is 1.58. The number of carbonyl (C=O) groups excluding carboxylic acids is 1. The van der Waals surface area contributed by atoms with Crippen LogP contribution in [0.15, 0.2) is 30.3 Å². The fourth-order valence-electron chi connectivity index (χ4n) is 2.66. The summed E-state index contributed by atoms with van der Waals surface area (Å²) < 4.78 is 1.93. The van der Waals surface area contributed by atoms with Crippen LogP contribution in [0.2, 0.25) is 0 Å². The Kier molecular flexibility index (Phi) is 4.99. The van der Waals surface area contributed by atoms with E-state index in [2.05, 4.69) is 33.6 Å². The van der Waals surface area contributed by atoms with Gasteiger partial charge in [-0.05, 0) is 57.9 Å². The molecule has 0 aliphatic heterocycles. The van der Waals surface area contributed by atoms with E-state index in [-0.39, 0.29) is 5.91 Å². The minimum Gasteiger partial charge on any atom is -0.302 e. The molecule has 0 saturated carbocycles. The van der Waals surface area contributed by atoms with Crippen LogP contribution in [0.1, 0.15) is 33.9 Å². The second-order valence-electron chi connectivity index (χ2n) is 6.21. The fraction of sp³-hybridized carbons (Fsp3) is 0.316. The summed E-state index contributed by atoms with van der Waals surface area (Å²) in [6.45, 7) is 7.99. The third-order valence-corrected chi connectivity index (χ3v) is 5.09. The molecule has 0 aliphatic carbocycles. The normalized spacial score (nSPS) is 10.9. The lowest BCUT2D eigenvalue weighted by molar-refractivity contribution is -0.116. The Hall–Kier alpha value is -2.47. The van der Waals surface area contributed by atoms with Crippen molar-refractivity contribution >= 4 is 22.4 Å². The van der Waals surface area contributed by atoms with Gasteiger partial charge >= 0.3 is 0 Å². The summed E-state index contributed by atoms with van der Waals surface area (Å²) in [5.41, 5.74) is 5.25. The lowest BCUT2D eigenvalue weighted by Gasteiger charge is -2.06. The molecule has 0 atom stereocenters. The van der Waals surface area contributed by atoms with Gasteiger partial charge in [-0.15, -0.1) is 11.3 Å². The average molecular weight is 354 g/mol. The zero-order chi connectivity index (χ0) is 18.0. The van der Waals surface area contributed by atoms with E-state index in [0.717, 1.165) is 33.2 Å². The second-order valence-corrected chi connectivity index (χ2v) is 7.42. The van der Waals surface area contributed by atoms with Crippen molar-refractivity contribution in [3.8, 4) is 5.69 Å². The topological polar surface area (TPSA) is 59.8 Å². The van der Waals surface area contributed by atoms with Crippen molar-refractivity contribution in [3.63, 3.8) is 0 Å². The molecule has 0 radical (unpaired) electrons. The Bertz CT molecular complexity index is 873. The van der Waals surface area contributed by atoms with E-state index in [9.17, 15) is 4.79 Å². The number of nitrogens with zero attached hydrogens (tertiary/aromatic N) is 3. The fourth-order valence-corrected chi connectivity index (χ4v) is 3.49. The van der Waals surface area contributed by atoms with Crippen LogP contribution in [0.25, 0.3) is 5.69 Å². The van der Waals surface area contributed by atoms with Crippen molar-refractivity contribution in [2.75, 3.05) is 5.32 Å². The Labute approximate surface area is 151 Å². The number of amides is 1. The van der Waals surface area contributed by atoms with Gasteiger partial charge in [0.1, 0.15) is 0 Å². The summed E-state index contributed by atoms with van der Waals surface area (Å²) >= 11 is 1.51. The zero-order valence-corrected chi connectivity index (χ0v) is 15.8. The van der Waals surface area contributed by atoms with E-state index in [4.69, 9.17) is 0 Å². The number of benzene rings is 1. The maximum Gasteiger partial charge on any atom is 0.226 e. The molecule has 6 heteroatoms. The van der Waals surface area contributed by atoms with E-state index in [1.807, 2.05) is 44.5 Å². The predicted molar refractivity (Wildman–Crippen MR) is 102 cm³/mol. The molecule has 5 nitrogen and oxygen atoms in total. The highest BCUT2D eigenvalue weighted by molar-refractivity contribution is 7.15. The number of hydrogen-bond donors (Lipinski definition) is 1. The monoisotopic (exact) mass is 354 g/mol. The number of aryl methyl sites for hydroxylation is 5. The molecule has 25 heavy (non-hydrogen) atoms. The molecule has 130 valence electrons. The van der Waals surface area contributed by atoms with Crippen molar-refractivity contribution in [2.24, 2.45) is 0 Å². The SMILES string of the molecule is Cc1cc(C)n(-c2ccc(CCC(=O)Nc3nc(C)c(C)s3)cc2)n1. The molecule has 3 rings (SSSR count). The number of rotatable bonds is 5. The van der Waals surface area contributed by atoms with E-state index in [0.29, 0.717) is 18.0 Å². The van der Waals surface area contributed by atoms with Crippen molar-refractivity contribution in [1.82, 2.24) is 14.8 Å². The first-order chi connectivity index (χ1) is 11.9. The molecule has 2 aromatic heterocycles. The molecule has 0 fully saturated rings. The van der Waals surface area contributed by atoms with Crippen LogP contribution in [0.5, 0.6) is 0 Å². The molecule has 1 aromatic carbocycles. The van der Waals surface area contributed by atoms with Gasteiger partial charge in [0.25, 0.3) is 0 Å². The summed E-state index contributed by atoms with van der Waals surface area (Å²) in [6.07, 6.45) is 1.14. The molecule has 1 N–H and O–H groups in total. The van der Waals surface area contributed by atoms with Crippen LogP contribution in [-0.2, 0) is 11.2 Å². The minimum atomic E-state index is -0.00336. The van der Waals surface area contributed by atoms with E-state index >= 15 is 0 Å². The quantitative estimate of drug-likeness (QED) is 0.749. The summed E-state index contributed by atoms with van der Waals surface area (Å²) in [6, 6.07) is 10.2. The molecular weight excluding hydrogens is 332 g/mol. The van der Waals surface area contributed by atoms with Gasteiger partial charge in [-0.3, -0.25) is 4.79 Å². The number of hydrogen-bond acceptors (Lipinski definition) is 4. The molecule has 0 aliphatic rings. The van der Waals surface area contributed by atoms with Crippen molar-refractivity contribution < 1.29 is 4.79 Å². The zero-order valence-electron chi connectivity index (χ0n) is 15.0. The third kappa shape index (κ3) is 4.14. The third-order valence-electron chi connectivity index (χ3n) is 4.11. The highest BCUT2D eigenvalue weighted by atomic mass is 32.1. The minimum absolute atomic E-state index is 0.00336. The standard InChI is InChI=1S/C19H22N4OS/c1-12-11-13(2)23(22-12)17-8-5-16(6-9-17)7-10-18(24)21-19-20-14(3)15(4)25-19/h5-6,8-9,11H,7,10H2,1-4H3,(H,20,21,24). The van der Waals surface area contributed by atoms with Gasteiger partial charge < -0.3 is 5.32 Å². The maximum atomic E-state index is 12.1. The molecule has 0 unspecified atom stereocenters. The van der Waals surface area contributed by atoms with Gasteiger partial charge in [0, 0.05) is 17.0 Å². The van der Waals surface area contributed by atoms with Gasteiger partial charge in [0.15, 0.2) is 5.13 Å². The Morgan fingerprint density at radius 1 is 1.16 bits per heavy atom. The van der Waals surface area contributed by atoms with Gasteiger partial charge in [-0.2, -0.15) is 5.10 Å². The number of carbonyl (C=O) groups is 1. The lowest BCUT2D eigenvalue weighted by atomic mass is 10.1. The first-order valence-corrected chi connectivity index (χ1v) is 9.10. The molecular formula is C19H22N4OS. The highest BCUT2D eigenvalue weighted by Gasteiger charge is 2.09. The summed E-state index contributed by atoms with van der Waals surface area (Å²) in [7, 11) is 0. The van der Waals surface area contributed by atoms with Crippen LogP contribution >= 0.6 is 11.3 Å². The molecule has 1 amide bonds. The van der Waals surface area contributed by atoms with Crippen molar-refractivity contribution in [2.45, 2.75) is 40.5 Å². The summed E-state index contributed by atoms with van der Waals surface area (Å²) in [5.74, 6) is -0.00336. The first-order valence-electron chi connectivity index (χ1n) is 8.29. The Morgan fingerprint density at radius 2 is 1.88 bits per heavy atom. The van der Waals surface area contributed by atoms with Gasteiger partial charge in [0.05, 0.1) is 17.1 Å². The van der Waals surface area contributed by atoms with Crippen molar-refractivity contribution in [3.05, 3.63) is 57.9 Å². The van der Waals surface area contributed by atoms with Gasteiger partial charge in [0.2, 0.25) is 5.91 Å². The largest absolute Gasteiger partial charge is 0.302 e. The van der Waals surface area contributed by atoms with Gasteiger partial charge in [-0.25, -0.2) is 9.67 Å². The molecule has 0 spiro atoms. The smallest absolute Gasteiger partial charge is 0.226 e. The van der Waals surface area contributed by atoms with E-state index in [1.165, 1.54) is 11.3 Å². The first kappa shape index (κ1) is 17.4. The van der Waals surface area contributed by atoms with E-state index < -0.39 is 0 Å². The number of aromatic nitrogens is 3.